The van der Waals surface area contributed by atoms with Crippen LogP contribution in [0.2, 0.25) is 0 Å². The number of halogens is 1. The third-order valence-electron chi connectivity index (χ3n) is 4.44. The molecule has 3 aromatic rings. The molecular formula is C20H24FN5S. The second kappa shape index (κ2) is 8.02. The van der Waals surface area contributed by atoms with Crippen LogP contribution in [0.4, 0.5) is 10.1 Å². The van der Waals surface area contributed by atoms with Crippen molar-refractivity contribution >= 4 is 17.9 Å². The van der Waals surface area contributed by atoms with Crippen LogP contribution >= 0.6 is 12.2 Å². The molecular weight excluding hydrogens is 361 g/mol. The van der Waals surface area contributed by atoms with Gasteiger partial charge in [0.1, 0.15) is 5.82 Å². The smallest absolute Gasteiger partial charge is 0.199 e. The van der Waals surface area contributed by atoms with Gasteiger partial charge in [-0.1, -0.05) is 24.3 Å². The van der Waals surface area contributed by atoms with Crippen LogP contribution in [-0.4, -0.2) is 40.4 Å². The molecule has 27 heavy (non-hydrogen) atoms. The highest BCUT2D eigenvalue weighted by atomic mass is 32.1. The summed E-state index contributed by atoms with van der Waals surface area (Å²) in [5.74, 6) is 0.226. The van der Waals surface area contributed by atoms with Gasteiger partial charge in [-0.2, -0.15) is 5.10 Å². The number of aromatic nitrogens is 3. The molecule has 0 aliphatic rings. The molecule has 5 nitrogen and oxygen atoms in total. The zero-order valence-electron chi connectivity index (χ0n) is 16.1. The van der Waals surface area contributed by atoms with Crippen LogP contribution in [0, 0.1) is 10.6 Å². The largest absolute Gasteiger partial charge is 0.378 e. The highest BCUT2D eigenvalue weighted by Gasteiger charge is 2.14. The first-order chi connectivity index (χ1) is 12.9. The quantitative estimate of drug-likeness (QED) is 0.602. The minimum atomic E-state index is -0.304. The van der Waals surface area contributed by atoms with E-state index in [1.807, 2.05) is 28.2 Å². The Morgan fingerprint density at radius 2 is 1.70 bits per heavy atom. The van der Waals surface area contributed by atoms with Gasteiger partial charge in [-0.25, -0.2) is 9.07 Å². The molecule has 0 radical (unpaired) electrons. The topological polar surface area (TPSA) is 29.2 Å². The first-order valence-electron chi connectivity index (χ1n) is 8.70. The lowest BCUT2D eigenvalue weighted by atomic mass is 10.2. The minimum Gasteiger partial charge on any atom is -0.378 e. The maximum atomic E-state index is 14.1. The molecule has 1 aromatic heterocycles. The van der Waals surface area contributed by atoms with E-state index < -0.39 is 0 Å². The second-order valence-corrected chi connectivity index (χ2v) is 7.23. The van der Waals surface area contributed by atoms with Gasteiger partial charge < -0.3 is 9.47 Å². The molecule has 0 bridgehead atoms. The van der Waals surface area contributed by atoms with E-state index in [9.17, 15) is 4.39 Å². The van der Waals surface area contributed by atoms with Gasteiger partial charge in [0.25, 0.3) is 0 Å². The molecule has 0 unspecified atom stereocenters. The van der Waals surface area contributed by atoms with Crippen LogP contribution < -0.4 is 4.90 Å². The molecule has 0 fully saturated rings. The summed E-state index contributed by atoms with van der Waals surface area (Å²) in [7, 11) is 7.88. The van der Waals surface area contributed by atoms with E-state index in [1.54, 1.807) is 27.4 Å². The predicted molar refractivity (Wildman–Crippen MR) is 110 cm³/mol. The lowest BCUT2D eigenvalue weighted by Crippen LogP contribution is -2.22. The van der Waals surface area contributed by atoms with E-state index in [1.165, 1.54) is 17.3 Å². The maximum absolute atomic E-state index is 14.1. The van der Waals surface area contributed by atoms with E-state index in [0.717, 1.165) is 6.54 Å². The summed E-state index contributed by atoms with van der Waals surface area (Å²) < 4.78 is 18.2. The van der Waals surface area contributed by atoms with Gasteiger partial charge in [0, 0.05) is 33.4 Å². The fraction of sp³-hybridized carbons (Fsp3) is 0.300. The van der Waals surface area contributed by atoms with Crippen molar-refractivity contribution in [3.05, 3.63) is 64.7 Å². The number of anilines is 1. The number of benzene rings is 2. The first-order valence-corrected chi connectivity index (χ1v) is 9.11. The summed E-state index contributed by atoms with van der Waals surface area (Å²) in [6.45, 7) is 1.29. The molecule has 0 amide bonds. The molecule has 0 atom stereocenters. The van der Waals surface area contributed by atoms with Crippen LogP contribution in [0.3, 0.4) is 0 Å². The van der Waals surface area contributed by atoms with Crippen molar-refractivity contribution in [2.24, 2.45) is 7.05 Å². The average Bonchev–Trinajstić information content (AvgIpc) is 2.91. The molecule has 0 spiro atoms. The van der Waals surface area contributed by atoms with Gasteiger partial charge in [0.05, 0.1) is 12.2 Å². The standard InChI is InChI=1S/C20H24FN5S/c1-23(2)16-11-9-15(10-12-16)13-24(3)14-26-20(27)25(4)19(22-26)17-7-5-6-8-18(17)21/h5-12H,13-14H2,1-4H3. The minimum absolute atomic E-state index is 0.304. The van der Waals surface area contributed by atoms with Crippen molar-refractivity contribution < 1.29 is 4.39 Å². The third kappa shape index (κ3) is 4.26. The monoisotopic (exact) mass is 385 g/mol. The molecule has 0 aliphatic carbocycles. The molecule has 3 rings (SSSR count). The Hall–Kier alpha value is -2.51. The van der Waals surface area contributed by atoms with Crippen LogP contribution in [0.5, 0.6) is 0 Å². The van der Waals surface area contributed by atoms with Crippen molar-refractivity contribution in [2.75, 3.05) is 26.0 Å². The fourth-order valence-electron chi connectivity index (χ4n) is 2.95. The Morgan fingerprint density at radius 3 is 2.33 bits per heavy atom. The summed E-state index contributed by atoms with van der Waals surface area (Å²) in [5, 5.41) is 4.55. The molecule has 7 heteroatoms. The fourth-order valence-corrected chi connectivity index (χ4v) is 3.13. The van der Waals surface area contributed by atoms with E-state index in [2.05, 4.69) is 39.2 Å². The van der Waals surface area contributed by atoms with Crippen molar-refractivity contribution in [3.8, 4) is 11.4 Å². The SMILES string of the molecule is CN(Cc1ccc(N(C)C)cc1)Cn1nc(-c2ccccc2F)n(C)c1=S. The Kier molecular flexibility index (Phi) is 5.72. The van der Waals surface area contributed by atoms with E-state index in [4.69, 9.17) is 12.2 Å². The van der Waals surface area contributed by atoms with Crippen LogP contribution in [0.25, 0.3) is 11.4 Å². The summed E-state index contributed by atoms with van der Waals surface area (Å²) in [6, 6.07) is 15.1. The molecule has 0 aliphatic heterocycles. The Morgan fingerprint density at radius 1 is 1.04 bits per heavy atom. The van der Waals surface area contributed by atoms with Crippen molar-refractivity contribution in [2.45, 2.75) is 13.2 Å². The van der Waals surface area contributed by atoms with Crippen LogP contribution in [-0.2, 0) is 20.3 Å². The number of hydrogen-bond acceptors (Lipinski definition) is 4. The molecule has 1 heterocycles. The van der Waals surface area contributed by atoms with Gasteiger partial charge >= 0.3 is 0 Å². The highest BCUT2D eigenvalue weighted by Crippen LogP contribution is 2.21. The molecule has 0 N–H and O–H groups in total. The van der Waals surface area contributed by atoms with Crippen molar-refractivity contribution in [1.29, 1.82) is 0 Å². The number of rotatable bonds is 6. The van der Waals surface area contributed by atoms with Gasteiger partial charge in [-0.3, -0.25) is 4.90 Å². The third-order valence-corrected chi connectivity index (χ3v) is 4.92. The van der Waals surface area contributed by atoms with E-state index in [-0.39, 0.29) is 5.82 Å². The van der Waals surface area contributed by atoms with Crippen LogP contribution in [0.15, 0.2) is 48.5 Å². The number of hydrogen-bond donors (Lipinski definition) is 0. The van der Waals surface area contributed by atoms with Gasteiger partial charge in [0.2, 0.25) is 0 Å². The lowest BCUT2D eigenvalue weighted by molar-refractivity contribution is 0.244. The van der Waals surface area contributed by atoms with E-state index >= 15 is 0 Å². The van der Waals surface area contributed by atoms with Crippen LogP contribution in [0.1, 0.15) is 5.56 Å². The van der Waals surface area contributed by atoms with Gasteiger partial charge in [-0.15, -0.1) is 0 Å². The molecule has 0 saturated heterocycles. The van der Waals surface area contributed by atoms with Crippen molar-refractivity contribution in [1.82, 2.24) is 19.2 Å². The van der Waals surface area contributed by atoms with Gasteiger partial charge in [0.15, 0.2) is 10.6 Å². The summed E-state index contributed by atoms with van der Waals surface area (Å²) >= 11 is 5.49. The normalized spacial score (nSPS) is 11.2. The van der Waals surface area contributed by atoms with Crippen molar-refractivity contribution in [3.63, 3.8) is 0 Å². The maximum Gasteiger partial charge on any atom is 0.199 e. The number of nitrogens with zero attached hydrogens (tertiary/aromatic N) is 5. The Labute approximate surface area is 164 Å². The zero-order chi connectivity index (χ0) is 19.6. The predicted octanol–water partition coefficient (Wildman–Crippen LogP) is 3.91. The van der Waals surface area contributed by atoms with E-state index in [0.29, 0.717) is 22.8 Å². The first kappa shape index (κ1) is 19.3. The molecule has 142 valence electrons. The summed E-state index contributed by atoms with van der Waals surface area (Å²) in [5.41, 5.74) is 2.83. The van der Waals surface area contributed by atoms with Gasteiger partial charge in [-0.05, 0) is 49.1 Å². The summed E-state index contributed by atoms with van der Waals surface area (Å²) in [4.78, 5) is 4.20. The zero-order valence-corrected chi connectivity index (χ0v) is 16.9. The Bertz CT molecular complexity index is 975. The summed E-state index contributed by atoms with van der Waals surface area (Å²) in [6.07, 6.45) is 0. The Balaban J connectivity index is 1.77. The molecule has 0 saturated carbocycles. The lowest BCUT2D eigenvalue weighted by Gasteiger charge is -2.18. The highest BCUT2D eigenvalue weighted by molar-refractivity contribution is 7.71. The second-order valence-electron chi connectivity index (χ2n) is 6.86. The average molecular weight is 386 g/mol. The molecule has 2 aromatic carbocycles.